The number of esters is 1. The molecule has 0 unspecified atom stereocenters. The third-order valence-corrected chi connectivity index (χ3v) is 3.83. The maximum Gasteiger partial charge on any atom is 0.407 e. The molecule has 0 fully saturated rings. The molecule has 0 heterocycles. The van der Waals surface area contributed by atoms with Gasteiger partial charge in [0.05, 0.1) is 7.11 Å². The number of carboxylic acids is 1. The molecule has 9 nitrogen and oxygen atoms in total. The van der Waals surface area contributed by atoms with Crippen molar-refractivity contribution < 1.29 is 33.8 Å². The van der Waals surface area contributed by atoms with E-state index < -0.39 is 30.0 Å². The number of benzene rings is 2. The Bertz CT molecular complexity index is 866. The van der Waals surface area contributed by atoms with Crippen LogP contribution in [0.15, 0.2) is 54.6 Å². The Morgan fingerprint density at radius 2 is 1.62 bits per heavy atom. The van der Waals surface area contributed by atoms with Gasteiger partial charge in [0.15, 0.2) is 0 Å². The van der Waals surface area contributed by atoms with Crippen LogP contribution >= 0.6 is 0 Å². The summed E-state index contributed by atoms with van der Waals surface area (Å²) in [6, 6.07) is 13.9. The first-order valence-electron chi connectivity index (χ1n) is 8.57. The van der Waals surface area contributed by atoms with Crippen molar-refractivity contribution in [1.29, 1.82) is 0 Å². The van der Waals surface area contributed by atoms with Gasteiger partial charge in [0.25, 0.3) is 0 Å². The van der Waals surface area contributed by atoms with Crippen LogP contribution < -0.4 is 10.6 Å². The number of nitrogens with one attached hydrogen (secondary N) is 2. The highest BCUT2D eigenvalue weighted by molar-refractivity contribution is 6.37. The number of anilines is 1. The molecular weight excluding hydrogens is 380 g/mol. The Morgan fingerprint density at radius 1 is 0.966 bits per heavy atom. The van der Waals surface area contributed by atoms with E-state index in [1.807, 2.05) is 6.07 Å². The number of carboxylic acid groups (broad SMARTS) is 1. The molecule has 29 heavy (non-hydrogen) atoms. The summed E-state index contributed by atoms with van der Waals surface area (Å²) in [5.41, 5.74) is 1.69. The highest BCUT2D eigenvalue weighted by atomic mass is 16.5. The Balaban J connectivity index is 1.88. The Hall–Kier alpha value is -3.88. The number of hydrogen-bond donors (Lipinski definition) is 3. The molecule has 0 aliphatic carbocycles. The van der Waals surface area contributed by atoms with Gasteiger partial charge in [-0.3, -0.25) is 4.79 Å². The maximum atomic E-state index is 11.9. The Kier molecular flexibility index (Phi) is 7.72. The molecule has 2 aromatic rings. The summed E-state index contributed by atoms with van der Waals surface area (Å²) in [5, 5.41) is 13.8. The molecule has 0 aliphatic rings. The fourth-order valence-corrected chi connectivity index (χ4v) is 2.33. The molecule has 0 bridgehead atoms. The van der Waals surface area contributed by atoms with Crippen LogP contribution in [0.1, 0.15) is 11.1 Å². The van der Waals surface area contributed by atoms with E-state index in [1.54, 1.807) is 36.4 Å². The molecule has 2 aromatic carbocycles. The molecule has 152 valence electrons. The van der Waals surface area contributed by atoms with Gasteiger partial charge < -0.3 is 25.2 Å². The molecule has 0 radical (unpaired) electrons. The summed E-state index contributed by atoms with van der Waals surface area (Å²) < 4.78 is 9.34. The van der Waals surface area contributed by atoms with Crippen LogP contribution in [0.3, 0.4) is 0 Å². The predicted octanol–water partition coefficient (Wildman–Crippen LogP) is 1.72. The second kappa shape index (κ2) is 10.5. The average Bonchev–Trinajstić information content (AvgIpc) is 2.73. The third-order valence-electron chi connectivity index (χ3n) is 3.83. The number of hydrogen-bond acceptors (Lipinski definition) is 6. The summed E-state index contributed by atoms with van der Waals surface area (Å²) in [6.07, 6.45) is -0.840. The summed E-state index contributed by atoms with van der Waals surface area (Å²) in [7, 11) is 1.14. The quantitative estimate of drug-likeness (QED) is 0.476. The Morgan fingerprint density at radius 3 is 2.21 bits per heavy atom. The number of rotatable bonds is 7. The second-order valence-electron chi connectivity index (χ2n) is 5.94. The number of aliphatic carboxylic acids is 1. The van der Waals surface area contributed by atoms with Crippen molar-refractivity contribution in [2.24, 2.45) is 0 Å². The molecule has 0 saturated carbocycles. The molecule has 0 aromatic heterocycles. The molecule has 0 aliphatic heterocycles. The second-order valence-corrected chi connectivity index (χ2v) is 5.94. The number of amides is 2. The molecule has 0 saturated heterocycles. The van der Waals surface area contributed by atoms with Gasteiger partial charge >= 0.3 is 23.9 Å². The van der Waals surface area contributed by atoms with Crippen LogP contribution in [0, 0.1) is 0 Å². The number of carbonyl (C=O) groups is 4. The standard InChI is InChI=1S/C20H20N2O7/c1-28-20(27)22-16(18(24)25)11-13-7-9-15(10-8-13)21-17(23)19(26)29-12-14-5-3-2-4-6-14/h2-10,16H,11-12H2,1H3,(H,21,23)(H,22,27)(H,24,25)/t16-/m0/s1. The van der Waals surface area contributed by atoms with Crippen molar-refractivity contribution >= 4 is 29.6 Å². The van der Waals surface area contributed by atoms with Gasteiger partial charge in [0.1, 0.15) is 12.6 Å². The van der Waals surface area contributed by atoms with Crippen molar-refractivity contribution in [3.63, 3.8) is 0 Å². The van der Waals surface area contributed by atoms with E-state index in [0.717, 1.165) is 12.7 Å². The van der Waals surface area contributed by atoms with Crippen LogP contribution in [0.5, 0.6) is 0 Å². The molecule has 0 spiro atoms. The zero-order chi connectivity index (χ0) is 21.2. The van der Waals surface area contributed by atoms with Gasteiger partial charge in [-0.05, 0) is 23.3 Å². The smallest absolute Gasteiger partial charge is 0.407 e. The van der Waals surface area contributed by atoms with Gasteiger partial charge in [-0.15, -0.1) is 0 Å². The van der Waals surface area contributed by atoms with E-state index in [1.165, 1.54) is 12.1 Å². The molecule has 3 N–H and O–H groups in total. The van der Waals surface area contributed by atoms with Gasteiger partial charge in [0.2, 0.25) is 0 Å². The van der Waals surface area contributed by atoms with Crippen LogP contribution in [0.25, 0.3) is 0 Å². The van der Waals surface area contributed by atoms with Crippen molar-refractivity contribution in [2.45, 2.75) is 19.1 Å². The van der Waals surface area contributed by atoms with E-state index in [9.17, 15) is 19.2 Å². The SMILES string of the molecule is COC(=O)N[C@@H](Cc1ccc(NC(=O)C(=O)OCc2ccccc2)cc1)C(=O)O. The van der Waals surface area contributed by atoms with Gasteiger partial charge in [-0.2, -0.15) is 0 Å². The van der Waals surface area contributed by atoms with Crippen LogP contribution in [-0.4, -0.2) is 42.2 Å². The molecular formula is C20H20N2O7. The molecule has 9 heteroatoms. The minimum atomic E-state index is -1.21. The molecule has 2 amide bonds. The molecule has 2 rings (SSSR count). The van der Waals surface area contributed by atoms with Gasteiger partial charge in [-0.1, -0.05) is 42.5 Å². The topological polar surface area (TPSA) is 131 Å². The number of alkyl carbamates (subject to hydrolysis) is 1. The van der Waals surface area contributed by atoms with E-state index >= 15 is 0 Å². The van der Waals surface area contributed by atoms with Gasteiger partial charge in [-0.25, -0.2) is 14.4 Å². The minimum Gasteiger partial charge on any atom is -0.480 e. The summed E-state index contributed by atoms with van der Waals surface area (Å²) >= 11 is 0. The summed E-state index contributed by atoms with van der Waals surface area (Å²) in [6.45, 7) is -0.0181. The highest BCUT2D eigenvalue weighted by Gasteiger charge is 2.21. The first kappa shape index (κ1) is 21.4. The number of ether oxygens (including phenoxy) is 2. The summed E-state index contributed by atoms with van der Waals surface area (Å²) in [5.74, 6) is -3.16. The lowest BCUT2D eigenvalue weighted by atomic mass is 10.1. The van der Waals surface area contributed by atoms with E-state index in [4.69, 9.17) is 9.84 Å². The zero-order valence-electron chi connectivity index (χ0n) is 15.6. The van der Waals surface area contributed by atoms with Crippen molar-refractivity contribution in [3.05, 3.63) is 65.7 Å². The number of methoxy groups -OCH3 is 1. The lowest BCUT2D eigenvalue weighted by Gasteiger charge is -2.14. The van der Waals surface area contributed by atoms with E-state index in [2.05, 4.69) is 15.4 Å². The highest BCUT2D eigenvalue weighted by Crippen LogP contribution is 2.12. The van der Waals surface area contributed by atoms with Gasteiger partial charge in [0, 0.05) is 12.1 Å². The fourth-order valence-electron chi connectivity index (χ4n) is 2.33. The van der Waals surface area contributed by atoms with Crippen LogP contribution in [0.2, 0.25) is 0 Å². The van der Waals surface area contributed by atoms with E-state index in [-0.39, 0.29) is 13.0 Å². The average molecular weight is 400 g/mol. The van der Waals surface area contributed by atoms with Crippen molar-refractivity contribution in [3.8, 4) is 0 Å². The normalized spacial score (nSPS) is 11.1. The zero-order valence-corrected chi connectivity index (χ0v) is 15.6. The first-order chi connectivity index (χ1) is 13.9. The first-order valence-corrected chi connectivity index (χ1v) is 8.57. The minimum absolute atomic E-state index is 0.0117. The van der Waals surface area contributed by atoms with Crippen molar-refractivity contribution in [2.75, 3.05) is 12.4 Å². The third kappa shape index (κ3) is 6.98. The Labute approximate surface area is 166 Å². The lowest BCUT2D eigenvalue weighted by molar-refractivity contribution is -0.153. The number of carbonyl (C=O) groups excluding carboxylic acids is 3. The van der Waals surface area contributed by atoms with Crippen LogP contribution in [-0.2, 0) is 36.9 Å². The lowest BCUT2D eigenvalue weighted by Crippen LogP contribution is -2.42. The fraction of sp³-hybridized carbons (Fsp3) is 0.200. The monoisotopic (exact) mass is 400 g/mol. The van der Waals surface area contributed by atoms with Crippen LogP contribution in [0.4, 0.5) is 10.5 Å². The summed E-state index contributed by atoms with van der Waals surface area (Å²) in [4.78, 5) is 46.1. The predicted molar refractivity (Wildman–Crippen MR) is 102 cm³/mol. The molecule has 1 atom stereocenters. The van der Waals surface area contributed by atoms with Crippen molar-refractivity contribution in [1.82, 2.24) is 5.32 Å². The largest absolute Gasteiger partial charge is 0.480 e. The van der Waals surface area contributed by atoms with E-state index in [0.29, 0.717) is 11.3 Å². The maximum absolute atomic E-state index is 11.9.